The van der Waals surface area contributed by atoms with Gasteiger partial charge in [-0.2, -0.15) is 5.10 Å². The molecule has 1 amide bonds. The van der Waals surface area contributed by atoms with Crippen molar-refractivity contribution in [2.75, 3.05) is 0 Å². The molecule has 3 heterocycles. The van der Waals surface area contributed by atoms with Crippen molar-refractivity contribution in [2.45, 2.75) is 6.92 Å². The molecule has 0 unspecified atom stereocenters. The maximum atomic E-state index is 12.5. The molecule has 8 heteroatoms. The molecule has 3 N–H and O–H groups in total. The Kier molecular flexibility index (Phi) is 4.28. The number of amides is 1. The summed E-state index contributed by atoms with van der Waals surface area (Å²) < 4.78 is 1.52. The number of carbonyl (C=O) groups excluding carboxylic acids is 1. The van der Waals surface area contributed by atoms with Crippen LogP contribution in [-0.4, -0.2) is 31.3 Å². The number of carbonyl (C=O) groups is 1. The topological polar surface area (TPSA) is 111 Å². The number of rotatable bonds is 3. The molecule has 0 spiro atoms. The number of aromatic nitrogens is 4. The van der Waals surface area contributed by atoms with E-state index in [0.29, 0.717) is 28.4 Å². The van der Waals surface area contributed by atoms with Crippen LogP contribution in [-0.2, 0) is 0 Å². The van der Waals surface area contributed by atoms with Crippen LogP contribution in [0.3, 0.4) is 0 Å². The lowest BCUT2D eigenvalue weighted by Gasteiger charge is -2.05. The van der Waals surface area contributed by atoms with E-state index < -0.39 is 0 Å². The average Bonchev–Trinajstić information content (AvgIpc) is 2.99. The first-order chi connectivity index (χ1) is 11.6. The van der Waals surface area contributed by atoms with E-state index in [9.17, 15) is 4.79 Å². The molecule has 0 fully saturated rings. The third-order valence-electron chi connectivity index (χ3n) is 3.03. The summed E-state index contributed by atoms with van der Waals surface area (Å²) in [5, 5.41) is 6.82. The number of aliphatic imine (C=N–C) groups is 1. The third-order valence-corrected chi connectivity index (χ3v) is 3.03. The molecular formula is C16H15N7O. The average molecular weight is 321 g/mol. The van der Waals surface area contributed by atoms with E-state index in [1.54, 1.807) is 56.0 Å². The Morgan fingerprint density at radius 2 is 2.21 bits per heavy atom. The zero-order valence-electron chi connectivity index (χ0n) is 12.9. The molecule has 3 aromatic heterocycles. The van der Waals surface area contributed by atoms with Crippen molar-refractivity contribution in [1.82, 2.24) is 24.9 Å². The second-order valence-corrected chi connectivity index (χ2v) is 5.00. The summed E-state index contributed by atoms with van der Waals surface area (Å²) in [6.45, 7) is 1.71. The van der Waals surface area contributed by atoms with Crippen LogP contribution in [0.25, 0.3) is 5.65 Å². The first-order valence-corrected chi connectivity index (χ1v) is 7.15. The molecule has 0 aliphatic carbocycles. The Balaban J connectivity index is 1.91. The molecule has 0 saturated heterocycles. The zero-order valence-corrected chi connectivity index (χ0v) is 12.9. The van der Waals surface area contributed by atoms with Gasteiger partial charge in [-0.05, 0) is 31.2 Å². The van der Waals surface area contributed by atoms with Crippen LogP contribution in [0.2, 0.25) is 0 Å². The molecule has 0 atom stereocenters. The van der Waals surface area contributed by atoms with Crippen molar-refractivity contribution in [2.24, 2.45) is 10.7 Å². The molecular weight excluding hydrogens is 306 g/mol. The molecule has 8 nitrogen and oxygen atoms in total. The molecule has 120 valence electrons. The lowest BCUT2D eigenvalue weighted by molar-refractivity contribution is 0.0978. The van der Waals surface area contributed by atoms with Gasteiger partial charge in [0.15, 0.2) is 5.65 Å². The van der Waals surface area contributed by atoms with Crippen molar-refractivity contribution in [1.29, 1.82) is 0 Å². The summed E-state index contributed by atoms with van der Waals surface area (Å²) in [5.41, 5.74) is 7.63. The quantitative estimate of drug-likeness (QED) is 0.560. The molecule has 24 heavy (non-hydrogen) atoms. The highest BCUT2D eigenvalue weighted by Gasteiger charge is 2.14. The van der Waals surface area contributed by atoms with E-state index in [-0.39, 0.29) is 5.91 Å². The number of hydrogen-bond acceptors (Lipinski definition) is 6. The normalized spacial score (nSPS) is 12.4. The Morgan fingerprint density at radius 1 is 1.33 bits per heavy atom. The van der Waals surface area contributed by atoms with Gasteiger partial charge >= 0.3 is 0 Å². The van der Waals surface area contributed by atoms with Gasteiger partial charge in [0.05, 0.1) is 18.1 Å². The third kappa shape index (κ3) is 3.43. The van der Waals surface area contributed by atoms with Gasteiger partial charge in [0.1, 0.15) is 11.4 Å². The summed E-state index contributed by atoms with van der Waals surface area (Å²) in [6, 6.07) is 5.26. The van der Waals surface area contributed by atoms with Crippen molar-refractivity contribution in [3.8, 4) is 0 Å². The fourth-order valence-corrected chi connectivity index (χ4v) is 2.04. The highest BCUT2D eigenvalue weighted by molar-refractivity contribution is 6.13. The molecule has 0 aliphatic rings. The predicted molar refractivity (Wildman–Crippen MR) is 89.7 cm³/mol. The second-order valence-electron chi connectivity index (χ2n) is 5.00. The number of pyridine rings is 1. The number of hydrogen-bond donors (Lipinski definition) is 2. The van der Waals surface area contributed by atoms with Crippen molar-refractivity contribution in [3.63, 3.8) is 0 Å². The van der Waals surface area contributed by atoms with Crippen molar-refractivity contribution < 1.29 is 4.79 Å². The highest BCUT2D eigenvalue weighted by Crippen LogP contribution is 2.10. The van der Waals surface area contributed by atoms with E-state index in [4.69, 9.17) is 5.73 Å². The summed E-state index contributed by atoms with van der Waals surface area (Å²) in [6.07, 6.45) is 9.58. The van der Waals surface area contributed by atoms with Gasteiger partial charge in [0.2, 0.25) is 0 Å². The molecule has 3 rings (SSSR count). The molecule has 0 saturated carbocycles. The van der Waals surface area contributed by atoms with E-state index in [2.05, 4.69) is 25.4 Å². The molecule has 0 aromatic carbocycles. The van der Waals surface area contributed by atoms with E-state index in [0.717, 1.165) is 0 Å². The SMILES string of the molecule is CC(N)=CC(=Nc1cccnc1)NC(=O)c1cnn2cccnc12. The first-order valence-electron chi connectivity index (χ1n) is 7.15. The molecule has 0 bridgehead atoms. The second kappa shape index (κ2) is 6.69. The van der Waals surface area contributed by atoms with Crippen LogP contribution in [0, 0.1) is 0 Å². The minimum absolute atomic E-state index is 0.309. The maximum absolute atomic E-state index is 12.5. The highest BCUT2D eigenvalue weighted by atomic mass is 16.1. The standard InChI is InChI=1S/C16H15N7O/c1-11(17)8-14(21-12-4-2-5-18-9-12)22-16(24)13-10-20-23-7-3-6-19-15(13)23/h2-10H,17H2,1H3,(H,21,22,24). The smallest absolute Gasteiger partial charge is 0.262 e. The Morgan fingerprint density at radius 3 is 2.96 bits per heavy atom. The summed E-state index contributed by atoms with van der Waals surface area (Å²) >= 11 is 0. The van der Waals surface area contributed by atoms with E-state index in [1.807, 2.05) is 0 Å². The first kappa shape index (κ1) is 15.3. The van der Waals surface area contributed by atoms with Crippen LogP contribution in [0.5, 0.6) is 0 Å². The van der Waals surface area contributed by atoms with E-state index >= 15 is 0 Å². The predicted octanol–water partition coefficient (Wildman–Crippen LogP) is 1.45. The molecule has 3 aromatic rings. The summed E-state index contributed by atoms with van der Waals surface area (Å²) in [5.74, 6) is -0.0629. The summed E-state index contributed by atoms with van der Waals surface area (Å²) in [7, 11) is 0. The van der Waals surface area contributed by atoms with Crippen LogP contribution in [0.4, 0.5) is 5.69 Å². The number of amidine groups is 1. The number of fused-ring (bicyclic) bond motifs is 1. The van der Waals surface area contributed by atoms with Crippen LogP contribution in [0.15, 0.2) is 65.9 Å². The minimum Gasteiger partial charge on any atom is -0.402 e. The van der Waals surface area contributed by atoms with Gasteiger partial charge < -0.3 is 11.1 Å². The lowest BCUT2D eigenvalue weighted by atomic mass is 10.3. The van der Waals surface area contributed by atoms with Gasteiger partial charge in [-0.1, -0.05) is 0 Å². The fraction of sp³-hybridized carbons (Fsp3) is 0.0625. The van der Waals surface area contributed by atoms with Crippen molar-refractivity contribution in [3.05, 3.63) is 66.5 Å². The number of nitrogens with zero attached hydrogens (tertiary/aromatic N) is 5. The van der Waals surface area contributed by atoms with E-state index in [1.165, 1.54) is 10.7 Å². The van der Waals surface area contributed by atoms with Crippen molar-refractivity contribution >= 4 is 23.1 Å². The van der Waals surface area contributed by atoms with Gasteiger partial charge in [0, 0.05) is 24.3 Å². The Bertz CT molecular complexity index is 924. The van der Waals surface area contributed by atoms with Crippen LogP contribution in [0.1, 0.15) is 17.3 Å². The molecule has 0 aliphatic heterocycles. The Labute approximate surface area is 137 Å². The maximum Gasteiger partial charge on any atom is 0.262 e. The number of nitrogens with two attached hydrogens (primary N) is 1. The zero-order chi connectivity index (χ0) is 16.9. The lowest BCUT2D eigenvalue weighted by Crippen LogP contribution is -2.29. The largest absolute Gasteiger partial charge is 0.402 e. The number of allylic oxidation sites excluding steroid dienone is 1. The number of nitrogens with one attached hydrogen (secondary N) is 1. The molecule has 0 radical (unpaired) electrons. The fourth-order valence-electron chi connectivity index (χ4n) is 2.04. The summed E-state index contributed by atoms with van der Waals surface area (Å²) in [4.78, 5) is 25.0. The van der Waals surface area contributed by atoms with Crippen LogP contribution < -0.4 is 11.1 Å². The van der Waals surface area contributed by atoms with Gasteiger partial charge in [-0.15, -0.1) is 0 Å². The van der Waals surface area contributed by atoms with Gasteiger partial charge in [-0.25, -0.2) is 14.5 Å². The van der Waals surface area contributed by atoms with Gasteiger partial charge in [-0.3, -0.25) is 9.78 Å². The minimum atomic E-state index is -0.371. The monoisotopic (exact) mass is 321 g/mol. The van der Waals surface area contributed by atoms with Gasteiger partial charge in [0.25, 0.3) is 5.91 Å². The Hall–Kier alpha value is -3.55. The van der Waals surface area contributed by atoms with Crippen LogP contribution >= 0.6 is 0 Å².